The SMILES string of the molecule is CCCCC(=O)N1CCC(C)CC1. The van der Waals surface area contributed by atoms with Crippen molar-refractivity contribution in [1.82, 2.24) is 4.90 Å². The number of rotatable bonds is 3. The molecule has 0 saturated carbocycles. The van der Waals surface area contributed by atoms with E-state index in [0.717, 1.165) is 38.3 Å². The van der Waals surface area contributed by atoms with Gasteiger partial charge in [-0.1, -0.05) is 20.3 Å². The van der Waals surface area contributed by atoms with E-state index < -0.39 is 0 Å². The summed E-state index contributed by atoms with van der Waals surface area (Å²) in [6.45, 7) is 6.38. The van der Waals surface area contributed by atoms with E-state index in [9.17, 15) is 4.79 Å². The second kappa shape index (κ2) is 5.25. The van der Waals surface area contributed by atoms with Gasteiger partial charge >= 0.3 is 0 Å². The van der Waals surface area contributed by atoms with Crippen LogP contribution in [0, 0.1) is 5.92 Å². The van der Waals surface area contributed by atoms with Gasteiger partial charge < -0.3 is 4.90 Å². The fourth-order valence-electron chi connectivity index (χ4n) is 1.74. The predicted octanol–water partition coefficient (Wildman–Crippen LogP) is 2.44. The Kier molecular flexibility index (Phi) is 4.26. The Bertz CT molecular complexity index is 159. The summed E-state index contributed by atoms with van der Waals surface area (Å²) >= 11 is 0. The fraction of sp³-hybridized carbons (Fsp3) is 0.909. The lowest BCUT2D eigenvalue weighted by atomic mass is 9.99. The van der Waals surface area contributed by atoms with Gasteiger partial charge in [-0.2, -0.15) is 0 Å². The monoisotopic (exact) mass is 183 g/mol. The third-order valence-electron chi connectivity index (χ3n) is 2.88. The summed E-state index contributed by atoms with van der Waals surface area (Å²) in [5, 5.41) is 0. The molecule has 0 aromatic rings. The van der Waals surface area contributed by atoms with Gasteiger partial charge in [-0.15, -0.1) is 0 Å². The van der Waals surface area contributed by atoms with E-state index in [1.165, 1.54) is 12.8 Å². The molecule has 0 aromatic carbocycles. The summed E-state index contributed by atoms with van der Waals surface area (Å²) in [5.41, 5.74) is 0. The van der Waals surface area contributed by atoms with E-state index >= 15 is 0 Å². The molecule has 76 valence electrons. The zero-order valence-electron chi connectivity index (χ0n) is 8.88. The van der Waals surface area contributed by atoms with Crippen LogP contribution in [0.5, 0.6) is 0 Å². The summed E-state index contributed by atoms with van der Waals surface area (Å²) in [6.07, 6.45) is 5.31. The molecule has 0 spiro atoms. The van der Waals surface area contributed by atoms with Crippen LogP contribution in [0.1, 0.15) is 46.0 Å². The zero-order chi connectivity index (χ0) is 9.68. The van der Waals surface area contributed by atoms with Crippen LogP contribution in [0.4, 0.5) is 0 Å². The average Bonchev–Trinajstić information content (AvgIpc) is 2.15. The van der Waals surface area contributed by atoms with Crippen LogP contribution in [0.15, 0.2) is 0 Å². The number of piperidine rings is 1. The number of carbonyl (C=O) groups is 1. The molecule has 1 fully saturated rings. The highest BCUT2D eigenvalue weighted by atomic mass is 16.2. The molecular weight excluding hydrogens is 162 g/mol. The second-order valence-corrected chi connectivity index (χ2v) is 4.17. The molecule has 1 amide bonds. The predicted molar refractivity (Wildman–Crippen MR) is 54.5 cm³/mol. The first-order valence-electron chi connectivity index (χ1n) is 5.51. The van der Waals surface area contributed by atoms with Crippen molar-refractivity contribution in [2.24, 2.45) is 5.92 Å². The van der Waals surface area contributed by atoms with E-state index in [4.69, 9.17) is 0 Å². The highest BCUT2D eigenvalue weighted by molar-refractivity contribution is 5.76. The lowest BCUT2D eigenvalue weighted by Gasteiger charge is -2.30. The fourth-order valence-corrected chi connectivity index (χ4v) is 1.74. The molecule has 1 aliphatic rings. The van der Waals surface area contributed by atoms with E-state index in [2.05, 4.69) is 13.8 Å². The minimum Gasteiger partial charge on any atom is -0.343 e. The maximum absolute atomic E-state index is 11.6. The molecule has 1 rings (SSSR count). The topological polar surface area (TPSA) is 20.3 Å². The average molecular weight is 183 g/mol. The molecule has 0 atom stereocenters. The van der Waals surface area contributed by atoms with Crippen molar-refractivity contribution >= 4 is 5.91 Å². The molecule has 0 N–H and O–H groups in total. The van der Waals surface area contributed by atoms with Gasteiger partial charge in [0.2, 0.25) is 5.91 Å². The largest absolute Gasteiger partial charge is 0.343 e. The third kappa shape index (κ3) is 3.37. The van der Waals surface area contributed by atoms with Gasteiger partial charge in [0, 0.05) is 19.5 Å². The molecular formula is C11H21NO. The van der Waals surface area contributed by atoms with Gasteiger partial charge in [0.15, 0.2) is 0 Å². The van der Waals surface area contributed by atoms with Crippen molar-refractivity contribution in [3.8, 4) is 0 Å². The first-order chi connectivity index (χ1) is 6.24. The van der Waals surface area contributed by atoms with E-state index in [-0.39, 0.29) is 0 Å². The van der Waals surface area contributed by atoms with Crippen LogP contribution in [-0.2, 0) is 4.79 Å². The van der Waals surface area contributed by atoms with Crippen LogP contribution in [-0.4, -0.2) is 23.9 Å². The van der Waals surface area contributed by atoms with Crippen molar-refractivity contribution in [3.05, 3.63) is 0 Å². The lowest BCUT2D eigenvalue weighted by molar-refractivity contribution is -0.132. The maximum atomic E-state index is 11.6. The van der Waals surface area contributed by atoms with Crippen LogP contribution >= 0.6 is 0 Å². The Morgan fingerprint density at radius 1 is 1.38 bits per heavy atom. The Morgan fingerprint density at radius 3 is 2.54 bits per heavy atom. The smallest absolute Gasteiger partial charge is 0.222 e. The van der Waals surface area contributed by atoms with E-state index in [1.807, 2.05) is 4.90 Å². The summed E-state index contributed by atoms with van der Waals surface area (Å²) in [4.78, 5) is 13.6. The van der Waals surface area contributed by atoms with Crippen LogP contribution in [0.2, 0.25) is 0 Å². The third-order valence-corrected chi connectivity index (χ3v) is 2.88. The number of amides is 1. The summed E-state index contributed by atoms with van der Waals surface area (Å²) in [7, 11) is 0. The van der Waals surface area contributed by atoms with Crippen molar-refractivity contribution < 1.29 is 4.79 Å². The number of hydrogen-bond acceptors (Lipinski definition) is 1. The molecule has 0 aromatic heterocycles. The van der Waals surface area contributed by atoms with Gasteiger partial charge in [-0.25, -0.2) is 0 Å². The highest BCUT2D eigenvalue weighted by Crippen LogP contribution is 2.16. The number of carbonyl (C=O) groups excluding carboxylic acids is 1. The summed E-state index contributed by atoms with van der Waals surface area (Å²) in [5.74, 6) is 1.18. The van der Waals surface area contributed by atoms with Crippen molar-refractivity contribution in [2.75, 3.05) is 13.1 Å². The van der Waals surface area contributed by atoms with Crippen molar-refractivity contribution in [2.45, 2.75) is 46.0 Å². The van der Waals surface area contributed by atoms with Crippen LogP contribution in [0.3, 0.4) is 0 Å². The summed E-state index contributed by atoms with van der Waals surface area (Å²) in [6, 6.07) is 0. The van der Waals surface area contributed by atoms with Crippen molar-refractivity contribution in [3.63, 3.8) is 0 Å². The van der Waals surface area contributed by atoms with E-state index in [1.54, 1.807) is 0 Å². The number of hydrogen-bond donors (Lipinski definition) is 0. The quantitative estimate of drug-likeness (QED) is 0.658. The van der Waals surface area contributed by atoms with Crippen molar-refractivity contribution in [1.29, 1.82) is 0 Å². The standard InChI is InChI=1S/C11H21NO/c1-3-4-5-11(13)12-8-6-10(2)7-9-12/h10H,3-9H2,1-2H3. The Morgan fingerprint density at radius 2 is 2.00 bits per heavy atom. The normalized spacial score (nSPS) is 19.1. The van der Waals surface area contributed by atoms with Gasteiger partial charge in [-0.3, -0.25) is 4.79 Å². The molecule has 0 aliphatic carbocycles. The molecule has 1 saturated heterocycles. The second-order valence-electron chi connectivity index (χ2n) is 4.17. The first kappa shape index (κ1) is 10.6. The van der Waals surface area contributed by atoms with Gasteiger partial charge in [-0.05, 0) is 25.2 Å². The minimum atomic E-state index is 0.369. The van der Waals surface area contributed by atoms with Crippen LogP contribution in [0.25, 0.3) is 0 Å². The zero-order valence-corrected chi connectivity index (χ0v) is 8.88. The minimum absolute atomic E-state index is 0.369. The molecule has 13 heavy (non-hydrogen) atoms. The van der Waals surface area contributed by atoms with Gasteiger partial charge in [0.25, 0.3) is 0 Å². The molecule has 1 heterocycles. The lowest BCUT2D eigenvalue weighted by Crippen LogP contribution is -2.37. The molecule has 2 heteroatoms. The molecule has 0 radical (unpaired) electrons. The first-order valence-corrected chi connectivity index (χ1v) is 5.51. The Labute approximate surface area is 81.3 Å². The molecule has 1 aliphatic heterocycles. The molecule has 0 bridgehead atoms. The maximum Gasteiger partial charge on any atom is 0.222 e. The van der Waals surface area contributed by atoms with Gasteiger partial charge in [0.05, 0.1) is 0 Å². The van der Waals surface area contributed by atoms with Gasteiger partial charge in [0.1, 0.15) is 0 Å². The number of unbranched alkanes of at least 4 members (excludes halogenated alkanes) is 1. The molecule has 0 unspecified atom stereocenters. The highest BCUT2D eigenvalue weighted by Gasteiger charge is 2.19. The number of nitrogens with zero attached hydrogens (tertiary/aromatic N) is 1. The summed E-state index contributed by atoms with van der Waals surface area (Å²) < 4.78 is 0. The Hall–Kier alpha value is -0.530. The van der Waals surface area contributed by atoms with Crippen LogP contribution < -0.4 is 0 Å². The van der Waals surface area contributed by atoms with E-state index in [0.29, 0.717) is 5.91 Å². The Balaban J connectivity index is 2.23. The number of likely N-dealkylation sites (tertiary alicyclic amines) is 1. The molecule has 2 nitrogen and oxygen atoms in total.